The molecular weight excluding hydrogens is 228 g/mol. The molecule has 2 fully saturated rings. The minimum Gasteiger partial charge on any atom is -0.396 e. The van der Waals surface area contributed by atoms with Crippen LogP contribution in [-0.4, -0.2) is 36.1 Å². The Balaban J connectivity index is 2.06. The minimum atomic E-state index is 0.0677. The molecule has 0 bridgehead atoms. The van der Waals surface area contributed by atoms with Crippen molar-refractivity contribution in [2.24, 2.45) is 5.41 Å². The first kappa shape index (κ1) is 14.3. The van der Waals surface area contributed by atoms with E-state index in [4.69, 9.17) is 14.6 Å². The van der Waals surface area contributed by atoms with Crippen molar-refractivity contribution in [3.63, 3.8) is 0 Å². The minimum absolute atomic E-state index is 0.0677. The highest BCUT2D eigenvalue weighted by atomic mass is 16.5. The van der Waals surface area contributed by atoms with Crippen LogP contribution in [0.25, 0.3) is 0 Å². The number of hydrogen-bond donors (Lipinski definition) is 1. The van der Waals surface area contributed by atoms with Crippen LogP contribution in [0, 0.1) is 5.41 Å². The van der Waals surface area contributed by atoms with Crippen molar-refractivity contribution in [2.45, 2.75) is 83.7 Å². The zero-order chi connectivity index (χ0) is 13.2. The Morgan fingerprint density at radius 2 is 1.50 bits per heavy atom. The van der Waals surface area contributed by atoms with Crippen molar-refractivity contribution in [2.75, 3.05) is 6.61 Å². The summed E-state index contributed by atoms with van der Waals surface area (Å²) in [5.41, 5.74) is 0.0677. The maximum atomic E-state index is 9.14. The normalized spacial score (nSPS) is 40.0. The molecule has 0 saturated carbocycles. The summed E-state index contributed by atoms with van der Waals surface area (Å²) in [7, 11) is 0. The Kier molecular flexibility index (Phi) is 4.68. The summed E-state index contributed by atoms with van der Waals surface area (Å²) in [5.74, 6) is 0. The van der Waals surface area contributed by atoms with Crippen LogP contribution >= 0.6 is 0 Å². The highest BCUT2D eigenvalue weighted by Gasteiger charge is 2.47. The van der Waals surface area contributed by atoms with Crippen LogP contribution in [0.1, 0.15) is 59.3 Å². The molecule has 2 rings (SSSR count). The summed E-state index contributed by atoms with van der Waals surface area (Å²) in [6, 6.07) is 0. The third kappa shape index (κ3) is 2.89. The van der Waals surface area contributed by atoms with E-state index in [1.165, 1.54) is 0 Å². The van der Waals surface area contributed by atoms with Gasteiger partial charge in [0.2, 0.25) is 0 Å². The summed E-state index contributed by atoms with van der Waals surface area (Å²) in [6.07, 6.45) is 7.78. The molecular formula is C15H28O3. The van der Waals surface area contributed by atoms with Crippen molar-refractivity contribution < 1.29 is 14.6 Å². The first-order valence-electron chi connectivity index (χ1n) is 7.48. The van der Waals surface area contributed by atoms with Gasteiger partial charge in [-0.3, -0.25) is 0 Å². The number of aliphatic hydroxyl groups excluding tert-OH is 1. The zero-order valence-corrected chi connectivity index (χ0v) is 12.0. The predicted octanol–water partition coefficient (Wildman–Crippen LogP) is 2.90. The van der Waals surface area contributed by atoms with E-state index in [1.807, 2.05) is 0 Å². The summed E-state index contributed by atoms with van der Waals surface area (Å²) in [5, 5.41) is 9.14. The van der Waals surface area contributed by atoms with E-state index < -0.39 is 0 Å². The SMILES string of the molecule is CC1CCC(C(C)(CCCO)C2CCC(C)O2)O1. The third-order valence-electron chi connectivity index (χ3n) is 4.81. The van der Waals surface area contributed by atoms with Gasteiger partial charge in [-0.1, -0.05) is 6.92 Å². The van der Waals surface area contributed by atoms with Crippen LogP contribution in [0.4, 0.5) is 0 Å². The van der Waals surface area contributed by atoms with Gasteiger partial charge in [0.1, 0.15) is 0 Å². The fraction of sp³-hybridized carbons (Fsp3) is 1.00. The van der Waals surface area contributed by atoms with E-state index in [2.05, 4.69) is 20.8 Å². The molecule has 0 aliphatic carbocycles. The summed E-state index contributed by atoms with van der Waals surface area (Å²) in [6.45, 7) is 6.88. The third-order valence-corrected chi connectivity index (χ3v) is 4.81. The quantitative estimate of drug-likeness (QED) is 0.822. The Bertz CT molecular complexity index is 246. The second-order valence-electron chi connectivity index (χ2n) is 6.36. The molecule has 2 saturated heterocycles. The number of ether oxygens (including phenoxy) is 2. The van der Waals surface area contributed by atoms with Crippen LogP contribution in [0.2, 0.25) is 0 Å². The van der Waals surface area contributed by atoms with Crippen molar-refractivity contribution in [1.82, 2.24) is 0 Å². The molecule has 0 spiro atoms. The lowest BCUT2D eigenvalue weighted by molar-refractivity contribution is -0.110. The predicted molar refractivity (Wildman–Crippen MR) is 71.6 cm³/mol. The molecule has 106 valence electrons. The van der Waals surface area contributed by atoms with Gasteiger partial charge in [0, 0.05) is 12.0 Å². The number of rotatable bonds is 5. The fourth-order valence-corrected chi connectivity index (χ4v) is 3.56. The van der Waals surface area contributed by atoms with Gasteiger partial charge in [0.15, 0.2) is 0 Å². The van der Waals surface area contributed by atoms with Crippen molar-refractivity contribution in [3.05, 3.63) is 0 Å². The molecule has 18 heavy (non-hydrogen) atoms. The van der Waals surface area contributed by atoms with Crippen molar-refractivity contribution in [3.8, 4) is 0 Å². The van der Waals surface area contributed by atoms with Gasteiger partial charge in [-0.2, -0.15) is 0 Å². The van der Waals surface area contributed by atoms with Gasteiger partial charge in [0.05, 0.1) is 24.4 Å². The average Bonchev–Trinajstić information content (AvgIpc) is 2.95. The lowest BCUT2D eigenvalue weighted by Gasteiger charge is -2.40. The van der Waals surface area contributed by atoms with Gasteiger partial charge in [-0.25, -0.2) is 0 Å². The van der Waals surface area contributed by atoms with E-state index in [1.54, 1.807) is 0 Å². The first-order valence-corrected chi connectivity index (χ1v) is 7.48. The molecule has 0 amide bonds. The molecule has 0 aromatic rings. The fourth-order valence-electron chi connectivity index (χ4n) is 3.56. The smallest absolute Gasteiger partial charge is 0.0658 e. The van der Waals surface area contributed by atoms with E-state index in [9.17, 15) is 0 Å². The summed E-state index contributed by atoms with van der Waals surface area (Å²) < 4.78 is 12.2. The molecule has 4 unspecified atom stereocenters. The molecule has 3 nitrogen and oxygen atoms in total. The molecule has 2 aliphatic heterocycles. The summed E-state index contributed by atoms with van der Waals surface area (Å²) >= 11 is 0. The van der Waals surface area contributed by atoms with E-state index >= 15 is 0 Å². The van der Waals surface area contributed by atoms with E-state index in [-0.39, 0.29) is 12.0 Å². The van der Waals surface area contributed by atoms with Crippen molar-refractivity contribution >= 4 is 0 Å². The topological polar surface area (TPSA) is 38.7 Å². The van der Waals surface area contributed by atoms with Gasteiger partial charge in [0.25, 0.3) is 0 Å². The van der Waals surface area contributed by atoms with Crippen LogP contribution in [0.15, 0.2) is 0 Å². The Hall–Kier alpha value is -0.120. The Morgan fingerprint density at radius 3 is 1.83 bits per heavy atom. The lowest BCUT2D eigenvalue weighted by Crippen LogP contribution is -2.43. The maximum Gasteiger partial charge on any atom is 0.0658 e. The molecule has 2 aliphatic rings. The van der Waals surface area contributed by atoms with Crippen LogP contribution in [-0.2, 0) is 9.47 Å². The van der Waals surface area contributed by atoms with Gasteiger partial charge in [-0.15, -0.1) is 0 Å². The van der Waals surface area contributed by atoms with Gasteiger partial charge in [-0.05, 0) is 52.4 Å². The molecule has 0 aromatic carbocycles. The van der Waals surface area contributed by atoms with E-state index in [0.717, 1.165) is 38.5 Å². The largest absolute Gasteiger partial charge is 0.396 e. The van der Waals surface area contributed by atoms with E-state index in [0.29, 0.717) is 24.4 Å². The summed E-state index contributed by atoms with van der Waals surface area (Å²) in [4.78, 5) is 0. The Labute approximate surface area is 111 Å². The molecule has 3 heteroatoms. The first-order chi connectivity index (χ1) is 8.56. The number of hydrogen-bond acceptors (Lipinski definition) is 3. The standard InChI is InChI=1S/C15H28O3/c1-11-5-7-13(17-11)15(3,9-4-10-16)14-8-6-12(2)18-14/h11-14,16H,4-10H2,1-3H3. The highest BCUT2D eigenvalue weighted by Crippen LogP contribution is 2.45. The highest BCUT2D eigenvalue weighted by molar-refractivity contribution is 4.96. The second-order valence-corrected chi connectivity index (χ2v) is 6.36. The van der Waals surface area contributed by atoms with Crippen LogP contribution in [0.3, 0.4) is 0 Å². The van der Waals surface area contributed by atoms with Gasteiger partial charge < -0.3 is 14.6 Å². The monoisotopic (exact) mass is 256 g/mol. The molecule has 2 heterocycles. The molecule has 0 aromatic heterocycles. The zero-order valence-electron chi connectivity index (χ0n) is 12.0. The molecule has 4 atom stereocenters. The Morgan fingerprint density at radius 1 is 1.00 bits per heavy atom. The van der Waals surface area contributed by atoms with Crippen molar-refractivity contribution in [1.29, 1.82) is 0 Å². The van der Waals surface area contributed by atoms with Gasteiger partial charge >= 0.3 is 0 Å². The molecule has 1 N–H and O–H groups in total. The van der Waals surface area contributed by atoms with Crippen LogP contribution < -0.4 is 0 Å². The molecule has 0 radical (unpaired) electrons. The van der Waals surface area contributed by atoms with Crippen LogP contribution in [0.5, 0.6) is 0 Å². The lowest BCUT2D eigenvalue weighted by atomic mass is 9.73. The second kappa shape index (κ2) is 5.89. The maximum absolute atomic E-state index is 9.14. The number of aliphatic hydroxyl groups is 1. The average molecular weight is 256 g/mol.